The Hall–Kier alpha value is -1.14. The normalized spacial score (nSPS) is 12.0. The number of likely N-dealkylation sites (N-methyl/N-ethyl adjacent to an activating group) is 1. The van der Waals surface area contributed by atoms with Gasteiger partial charge in [-0.05, 0) is 51.6 Å². The average Bonchev–Trinajstić information content (AvgIpc) is 2.85. The lowest BCUT2D eigenvalue weighted by atomic mass is 9.93. The lowest BCUT2D eigenvalue weighted by molar-refractivity contribution is -0.150. The number of aliphatic hydroxyl groups is 1. The van der Waals surface area contributed by atoms with Gasteiger partial charge in [-0.2, -0.15) is 0 Å². The predicted octanol–water partition coefficient (Wildman–Crippen LogP) is 6.25. The summed E-state index contributed by atoms with van der Waals surface area (Å²) in [7, 11) is 1.75. The van der Waals surface area contributed by atoms with Crippen LogP contribution in [0.1, 0.15) is 129 Å². The largest absolute Gasteiger partial charge is 0.464 e. The molecule has 0 aromatic heterocycles. The first-order valence-corrected chi connectivity index (χ1v) is 14.8. The molecule has 0 rings (SSSR count). The third kappa shape index (κ3) is 21.8. The molecule has 0 saturated heterocycles. The zero-order chi connectivity index (χ0) is 26.0. The van der Waals surface area contributed by atoms with Crippen LogP contribution in [-0.2, 0) is 14.3 Å². The van der Waals surface area contributed by atoms with Crippen molar-refractivity contribution in [3.63, 3.8) is 0 Å². The van der Waals surface area contributed by atoms with Crippen molar-refractivity contribution in [2.24, 2.45) is 5.92 Å². The number of nitrogens with zero attached hydrogens (tertiary/aromatic N) is 1. The van der Waals surface area contributed by atoms with Crippen molar-refractivity contribution >= 4 is 11.9 Å². The molecule has 0 aliphatic carbocycles. The van der Waals surface area contributed by atoms with E-state index in [0.717, 1.165) is 77.3 Å². The summed E-state index contributed by atoms with van der Waals surface area (Å²) < 4.78 is 5.39. The summed E-state index contributed by atoms with van der Waals surface area (Å²) in [6.45, 7) is 7.15. The Bertz CT molecular complexity index is 487. The van der Waals surface area contributed by atoms with Crippen LogP contribution in [0.2, 0.25) is 0 Å². The van der Waals surface area contributed by atoms with Gasteiger partial charge in [-0.3, -0.25) is 9.59 Å². The fraction of sp³-hybridized carbons (Fsp3) is 0.931. The van der Waals surface area contributed by atoms with Crippen molar-refractivity contribution in [2.75, 3.05) is 39.9 Å². The monoisotopic (exact) mass is 498 g/mol. The van der Waals surface area contributed by atoms with E-state index in [2.05, 4.69) is 19.2 Å². The molecule has 208 valence electrons. The van der Waals surface area contributed by atoms with E-state index in [-0.39, 0.29) is 30.9 Å². The molecule has 0 aromatic rings. The van der Waals surface area contributed by atoms with Crippen LogP contribution in [0.4, 0.5) is 0 Å². The van der Waals surface area contributed by atoms with Gasteiger partial charge in [0.2, 0.25) is 5.91 Å². The molecule has 0 radical (unpaired) electrons. The minimum absolute atomic E-state index is 0.0353. The highest BCUT2D eigenvalue weighted by atomic mass is 16.5. The Balaban J connectivity index is 4.11. The zero-order valence-electron chi connectivity index (χ0n) is 23.5. The van der Waals surface area contributed by atoms with E-state index < -0.39 is 0 Å². The molecule has 1 atom stereocenters. The summed E-state index contributed by atoms with van der Waals surface area (Å²) in [4.78, 5) is 26.9. The van der Waals surface area contributed by atoms with Gasteiger partial charge in [-0.25, -0.2) is 0 Å². The quantitative estimate of drug-likeness (QED) is 0.109. The van der Waals surface area contributed by atoms with Gasteiger partial charge in [0.05, 0.1) is 6.61 Å². The van der Waals surface area contributed by atoms with Gasteiger partial charge in [-0.15, -0.1) is 0 Å². The molecule has 0 bridgehead atoms. The fourth-order valence-electron chi connectivity index (χ4n) is 4.39. The second-order valence-electron chi connectivity index (χ2n) is 10.1. The number of nitrogens with one attached hydrogen (secondary N) is 1. The van der Waals surface area contributed by atoms with Gasteiger partial charge in [0.1, 0.15) is 6.54 Å². The first-order valence-electron chi connectivity index (χ1n) is 14.8. The van der Waals surface area contributed by atoms with Gasteiger partial charge in [0, 0.05) is 19.6 Å². The Kier molecular flexibility index (Phi) is 25.1. The molecule has 1 unspecified atom stereocenters. The summed E-state index contributed by atoms with van der Waals surface area (Å²) >= 11 is 0. The molecule has 6 nitrogen and oxygen atoms in total. The van der Waals surface area contributed by atoms with E-state index in [9.17, 15) is 9.59 Å². The van der Waals surface area contributed by atoms with E-state index in [4.69, 9.17) is 9.84 Å². The van der Waals surface area contributed by atoms with Gasteiger partial charge in [-0.1, -0.05) is 90.9 Å². The smallest absolute Gasteiger partial charge is 0.325 e. The molecular formula is C29H58N2O4. The first kappa shape index (κ1) is 33.9. The number of unbranched alkanes of at least 4 members (excludes halogenated alkanes) is 12. The Morgan fingerprint density at radius 3 is 1.89 bits per heavy atom. The second kappa shape index (κ2) is 25.9. The maximum absolute atomic E-state index is 13.1. The van der Waals surface area contributed by atoms with Crippen LogP contribution in [0, 0.1) is 5.92 Å². The number of amides is 1. The van der Waals surface area contributed by atoms with Crippen LogP contribution in [0.15, 0.2) is 0 Å². The number of carbonyl (C=O) groups is 2. The molecule has 0 aromatic carbocycles. The van der Waals surface area contributed by atoms with E-state index in [1.807, 2.05) is 0 Å². The molecule has 35 heavy (non-hydrogen) atoms. The molecule has 0 saturated carbocycles. The van der Waals surface area contributed by atoms with Crippen molar-refractivity contribution in [3.05, 3.63) is 0 Å². The number of carbonyl (C=O) groups excluding carboxylic acids is 2. The van der Waals surface area contributed by atoms with Crippen LogP contribution in [0.5, 0.6) is 0 Å². The van der Waals surface area contributed by atoms with Gasteiger partial charge in [0.15, 0.2) is 0 Å². The molecule has 6 heteroatoms. The summed E-state index contributed by atoms with van der Waals surface area (Å²) in [6.07, 6.45) is 20.0. The number of esters is 1. The summed E-state index contributed by atoms with van der Waals surface area (Å²) in [5.41, 5.74) is 0. The predicted molar refractivity (Wildman–Crippen MR) is 146 cm³/mol. The molecule has 0 aliphatic heterocycles. The number of ether oxygens (including phenoxy) is 1. The average molecular weight is 499 g/mol. The molecule has 0 aliphatic rings. The zero-order valence-corrected chi connectivity index (χ0v) is 23.5. The topological polar surface area (TPSA) is 78.9 Å². The van der Waals surface area contributed by atoms with Gasteiger partial charge < -0.3 is 20.1 Å². The van der Waals surface area contributed by atoms with E-state index in [1.54, 1.807) is 11.9 Å². The van der Waals surface area contributed by atoms with Gasteiger partial charge >= 0.3 is 5.97 Å². The summed E-state index contributed by atoms with van der Waals surface area (Å²) in [5, 5.41) is 12.1. The maximum atomic E-state index is 13.1. The van der Waals surface area contributed by atoms with E-state index >= 15 is 0 Å². The minimum Gasteiger partial charge on any atom is -0.464 e. The molecule has 2 N–H and O–H groups in total. The van der Waals surface area contributed by atoms with Crippen molar-refractivity contribution in [1.29, 1.82) is 0 Å². The molecule has 0 heterocycles. The molecule has 0 fully saturated rings. The second-order valence-corrected chi connectivity index (χ2v) is 10.1. The van der Waals surface area contributed by atoms with Crippen LogP contribution in [-0.4, -0.2) is 61.8 Å². The Labute approximate surface area is 216 Å². The highest BCUT2D eigenvalue weighted by Crippen LogP contribution is 2.21. The fourth-order valence-corrected chi connectivity index (χ4v) is 4.39. The maximum Gasteiger partial charge on any atom is 0.325 e. The van der Waals surface area contributed by atoms with Crippen LogP contribution in [0.25, 0.3) is 0 Å². The van der Waals surface area contributed by atoms with Crippen molar-refractivity contribution in [3.8, 4) is 0 Å². The van der Waals surface area contributed by atoms with Gasteiger partial charge in [0.25, 0.3) is 0 Å². The lowest BCUT2D eigenvalue weighted by Crippen LogP contribution is -2.37. The number of rotatable bonds is 26. The highest BCUT2D eigenvalue weighted by molar-refractivity contribution is 5.83. The van der Waals surface area contributed by atoms with E-state index in [1.165, 1.54) is 51.4 Å². The van der Waals surface area contributed by atoms with Crippen molar-refractivity contribution in [2.45, 2.75) is 129 Å². The number of aliphatic hydroxyl groups excluding tert-OH is 1. The molecule has 1 amide bonds. The first-order chi connectivity index (χ1) is 17.1. The third-order valence-electron chi connectivity index (χ3n) is 6.68. The van der Waals surface area contributed by atoms with Crippen molar-refractivity contribution < 1.29 is 19.4 Å². The molecule has 0 spiro atoms. The summed E-state index contributed by atoms with van der Waals surface area (Å²) in [5.74, 6) is -0.151. The number of hydrogen-bond donors (Lipinski definition) is 2. The van der Waals surface area contributed by atoms with E-state index in [0.29, 0.717) is 6.61 Å². The standard InChI is InChI=1S/C29H58N2O4/c1-4-6-8-10-11-15-21-27(20-14-9-7-5-2)29(34)31(3)26-28(33)35-25-19-13-12-16-22-30-23-17-18-24-32/h27,30,32H,4-26H2,1-3H3. The lowest BCUT2D eigenvalue weighted by Gasteiger charge is -2.23. The number of hydrogen-bond acceptors (Lipinski definition) is 5. The Morgan fingerprint density at radius 2 is 1.26 bits per heavy atom. The highest BCUT2D eigenvalue weighted by Gasteiger charge is 2.23. The minimum atomic E-state index is -0.296. The third-order valence-corrected chi connectivity index (χ3v) is 6.68. The Morgan fingerprint density at radius 1 is 0.743 bits per heavy atom. The van der Waals surface area contributed by atoms with Crippen LogP contribution >= 0.6 is 0 Å². The van der Waals surface area contributed by atoms with Crippen LogP contribution in [0.3, 0.4) is 0 Å². The summed E-state index contributed by atoms with van der Waals surface area (Å²) in [6, 6.07) is 0. The SMILES string of the molecule is CCCCCCCCC(CCCCCC)C(=O)N(C)CC(=O)OCCCCCCNCCCCO. The molecular weight excluding hydrogens is 440 g/mol. The van der Waals surface area contributed by atoms with Crippen LogP contribution < -0.4 is 5.32 Å². The van der Waals surface area contributed by atoms with Crippen molar-refractivity contribution in [1.82, 2.24) is 10.2 Å².